The molecule has 0 aromatic rings. The van der Waals surface area contributed by atoms with Crippen LogP contribution >= 0.6 is 0 Å². The van der Waals surface area contributed by atoms with E-state index in [9.17, 15) is 4.79 Å². The van der Waals surface area contributed by atoms with Crippen molar-refractivity contribution in [1.82, 2.24) is 5.32 Å². The Labute approximate surface area is 124 Å². The third kappa shape index (κ3) is 16.2. The van der Waals surface area contributed by atoms with Crippen LogP contribution < -0.4 is 5.32 Å². The monoisotopic (exact) mass is 275 g/mol. The van der Waals surface area contributed by atoms with E-state index in [4.69, 9.17) is 0 Å². The minimum atomic E-state index is 0.0190. The lowest BCUT2D eigenvalue weighted by Gasteiger charge is -1.96. The van der Waals surface area contributed by atoms with E-state index in [1.54, 1.807) is 18.4 Å². The van der Waals surface area contributed by atoms with Crippen LogP contribution in [-0.4, -0.2) is 5.91 Å². The Morgan fingerprint density at radius 2 is 1.90 bits per heavy atom. The average molecular weight is 275 g/mol. The molecule has 0 aromatic heterocycles. The van der Waals surface area contributed by atoms with Gasteiger partial charge in [-0.2, -0.15) is 0 Å². The summed E-state index contributed by atoms with van der Waals surface area (Å²) in [7, 11) is 0. The van der Waals surface area contributed by atoms with E-state index in [2.05, 4.69) is 24.9 Å². The van der Waals surface area contributed by atoms with Gasteiger partial charge < -0.3 is 5.32 Å². The normalized spacial score (nSPS) is 11.7. The molecular weight excluding hydrogens is 246 g/mol. The zero-order valence-electron chi connectivity index (χ0n) is 13.4. The van der Waals surface area contributed by atoms with E-state index in [1.807, 2.05) is 45.1 Å². The highest BCUT2D eigenvalue weighted by Gasteiger charge is 1.92. The molecule has 20 heavy (non-hydrogen) atoms. The Balaban J connectivity index is 0. The first-order chi connectivity index (χ1) is 9.70. The fourth-order valence-electron chi connectivity index (χ4n) is 1.24. The predicted octanol–water partition coefficient (Wildman–Crippen LogP) is 5.08. The standard InChI is InChI=1S/C16H23NO.C2H6/c1-4-6-8-11-15(3)12-9-7-10-13-16(18)17-14-5-2;1-2/h4-8,10-11,14H,1,9,12-13H2,2-3H3,(H,17,18);1-2H3/b8-6-,10-7+,14-5+,15-11+;. The van der Waals surface area contributed by atoms with Crippen molar-refractivity contribution in [3.05, 3.63) is 60.9 Å². The predicted molar refractivity (Wildman–Crippen MR) is 90.4 cm³/mol. The molecule has 0 atom stereocenters. The number of amides is 1. The molecule has 0 rings (SSSR count). The maximum absolute atomic E-state index is 11.2. The number of hydrogen-bond donors (Lipinski definition) is 1. The zero-order chi connectivity index (χ0) is 15.6. The van der Waals surface area contributed by atoms with Crippen molar-refractivity contribution in [3.63, 3.8) is 0 Å². The fourth-order valence-corrected chi connectivity index (χ4v) is 1.24. The molecule has 0 radical (unpaired) electrons. The van der Waals surface area contributed by atoms with Crippen LogP contribution in [0.4, 0.5) is 0 Å². The lowest BCUT2D eigenvalue weighted by molar-refractivity contribution is -0.119. The quantitative estimate of drug-likeness (QED) is 0.486. The highest BCUT2D eigenvalue weighted by atomic mass is 16.1. The number of allylic oxidation sites excluding steroid dienone is 7. The molecule has 2 heteroatoms. The van der Waals surface area contributed by atoms with Crippen LogP contribution in [0, 0.1) is 0 Å². The topological polar surface area (TPSA) is 29.1 Å². The van der Waals surface area contributed by atoms with Crippen molar-refractivity contribution in [2.45, 2.75) is 47.0 Å². The van der Waals surface area contributed by atoms with Gasteiger partial charge in [-0.3, -0.25) is 4.79 Å². The second kappa shape index (κ2) is 17.2. The third-order valence-corrected chi connectivity index (χ3v) is 2.21. The van der Waals surface area contributed by atoms with Crippen molar-refractivity contribution < 1.29 is 4.79 Å². The minimum absolute atomic E-state index is 0.0190. The fraction of sp³-hybridized carbons (Fsp3) is 0.389. The Morgan fingerprint density at radius 3 is 2.50 bits per heavy atom. The summed E-state index contributed by atoms with van der Waals surface area (Å²) >= 11 is 0. The van der Waals surface area contributed by atoms with Crippen molar-refractivity contribution in [2.24, 2.45) is 0 Å². The largest absolute Gasteiger partial charge is 0.333 e. The summed E-state index contributed by atoms with van der Waals surface area (Å²) in [5.41, 5.74) is 1.32. The summed E-state index contributed by atoms with van der Waals surface area (Å²) in [6.45, 7) is 11.6. The number of rotatable bonds is 8. The van der Waals surface area contributed by atoms with Gasteiger partial charge in [-0.1, -0.05) is 68.5 Å². The first-order valence-electron chi connectivity index (χ1n) is 7.21. The van der Waals surface area contributed by atoms with E-state index >= 15 is 0 Å². The van der Waals surface area contributed by atoms with Crippen LogP contribution in [0.5, 0.6) is 0 Å². The van der Waals surface area contributed by atoms with Gasteiger partial charge in [0, 0.05) is 6.42 Å². The molecule has 0 fully saturated rings. The zero-order valence-corrected chi connectivity index (χ0v) is 13.4. The van der Waals surface area contributed by atoms with Crippen LogP contribution in [0.2, 0.25) is 0 Å². The lowest BCUT2D eigenvalue weighted by Crippen LogP contribution is -2.14. The van der Waals surface area contributed by atoms with Crippen molar-refractivity contribution in [2.75, 3.05) is 0 Å². The first-order valence-corrected chi connectivity index (χ1v) is 7.21. The molecule has 112 valence electrons. The van der Waals surface area contributed by atoms with Crippen LogP contribution in [0.25, 0.3) is 0 Å². The second-order valence-corrected chi connectivity index (χ2v) is 3.92. The average Bonchev–Trinajstić information content (AvgIpc) is 2.47. The lowest BCUT2D eigenvalue weighted by atomic mass is 10.1. The van der Waals surface area contributed by atoms with Crippen LogP contribution in [-0.2, 0) is 4.79 Å². The van der Waals surface area contributed by atoms with Gasteiger partial charge in [0.2, 0.25) is 5.91 Å². The van der Waals surface area contributed by atoms with Gasteiger partial charge in [-0.05, 0) is 32.9 Å². The highest BCUT2D eigenvalue weighted by Crippen LogP contribution is 2.05. The maximum atomic E-state index is 11.2. The Morgan fingerprint density at radius 1 is 1.20 bits per heavy atom. The van der Waals surface area contributed by atoms with E-state index < -0.39 is 0 Å². The molecule has 1 N–H and O–H groups in total. The van der Waals surface area contributed by atoms with Gasteiger partial charge in [0.15, 0.2) is 0 Å². The number of carbonyl (C=O) groups excluding carboxylic acids is 1. The summed E-state index contributed by atoms with van der Waals surface area (Å²) in [5, 5.41) is 2.67. The van der Waals surface area contributed by atoms with E-state index in [0.29, 0.717) is 6.42 Å². The SMILES string of the molecule is C=C/C=C\C=C(/C)CC/C=C/CC(=O)N/C=C/C.CC. The summed E-state index contributed by atoms with van der Waals surface area (Å²) < 4.78 is 0. The van der Waals surface area contributed by atoms with Gasteiger partial charge in [-0.15, -0.1) is 0 Å². The molecule has 0 unspecified atom stereocenters. The van der Waals surface area contributed by atoms with E-state index in [-0.39, 0.29) is 5.91 Å². The van der Waals surface area contributed by atoms with Gasteiger partial charge in [0.1, 0.15) is 0 Å². The second-order valence-electron chi connectivity index (χ2n) is 3.92. The minimum Gasteiger partial charge on any atom is -0.333 e. The molecule has 0 spiro atoms. The first kappa shape index (κ1) is 20.5. The molecule has 0 saturated heterocycles. The summed E-state index contributed by atoms with van der Waals surface area (Å²) in [6.07, 6.45) is 17.5. The molecule has 0 aliphatic rings. The smallest absolute Gasteiger partial charge is 0.227 e. The molecule has 0 aromatic carbocycles. The van der Waals surface area contributed by atoms with Crippen molar-refractivity contribution >= 4 is 5.91 Å². The van der Waals surface area contributed by atoms with Crippen LogP contribution in [0.1, 0.15) is 47.0 Å². The van der Waals surface area contributed by atoms with E-state index in [1.165, 1.54) is 5.57 Å². The van der Waals surface area contributed by atoms with Gasteiger partial charge in [-0.25, -0.2) is 0 Å². The number of carbonyl (C=O) groups is 1. The number of hydrogen-bond acceptors (Lipinski definition) is 1. The maximum Gasteiger partial charge on any atom is 0.227 e. The van der Waals surface area contributed by atoms with Gasteiger partial charge >= 0.3 is 0 Å². The Bertz CT molecular complexity index is 360. The van der Waals surface area contributed by atoms with Crippen LogP contribution in [0.15, 0.2) is 60.9 Å². The molecule has 0 heterocycles. The highest BCUT2D eigenvalue weighted by molar-refractivity contribution is 5.78. The van der Waals surface area contributed by atoms with E-state index in [0.717, 1.165) is 12.8 Å². The molecule has 2 nitrogen and oxygen atoms in total. The molecule has 0 bridgehead atoms. The molecule has 0 aliphatic carbocycles. The molecule has 0 saturated carbocycles. The Kier molecular flexibility index (Phi) is 17.6. The molecule has 0 aliphatic heterocycles. The van der Waals surface area contributed by atoms with Crippen LogP contribution in [0.3, 0.4) is 0 Å². The summed E-state index contributed by atoms with van der Waals surface area (Å²) in [6, 6.07) is 0. The summed E-state index contributed by atoms with van der Waals surface area (Å²) in [4.78, 5) is 11.2. The number of nitrogens with one attached hydrogen (secondary N) is 1. The van der Waals surface area contributed by atoms with Crippen molar-refractivity contribution in [1.29, 1.82) is 0 Å². The Hall–Kier alpha value is -1.83. The third-order valence-electron chi connectivity index (χ3n) is 2.21. The van der Waals surface area contributed by atoms with Crippen molar-refractivity contribution in [3.8, 4) is 0 Å². The summed E-state index contributed by atoms with van der Waals surface area (Å²) in [5.74, 6) is 0.0190. The van der Waals surface area contributed by atoms with Gasteiger partial charge in [0.05, 0.1) is 0 Å². The molecule has 1 amide bonds. The van der Waals surface area contributed by atoms with Gasteiger partial charge in [0.25, 0.3) is 0 Å². The molecular formula is C18H29NO.